The Hall–Kier alpha value is 0.242. The van der Waals surface area contributed by atoms with Gasteiger partial charge in [-0.1, -0.05) is 40.2 Å². The molecule has 1 aromatic rings. The predicted molar refractivity (Wildman–Crippen MR) is 86.1 cm³/mol. The summed E-state index contributed by atoms with van der Waals surface area (Å²) in [6, 6.07) is 7.94. The van der Waals surface area contributed by atoms with Crippen molar-refractivity contribution in [2.75, 3.05) is 0 Å². The van der Waals surface area contributed by atoms with Crippen LogP contribution < -0.4 is 24.3 Å². The predicted octanol–water partition coefficient (Wildman–Crippen LogP) is 0.628. The fraction of sp³-hybridized carbons (Fsp3) is 0.600. The normalized spacial score (nSPS) is 22.1. The topological polar surface area (TPSA) is 27.7 Å². The van der Waals surface area contributed by atoms with E-state index < -0.39 is 18.0 Å². The van der Waals surface area contributed by atoms with Gasteiger partial charge in [0.2, 0.25) is 0 Å². The van der Waals surface area contributed by atoms with Crippen LogP contribution in [0, 0.1) is 0 Å². The third-order valence-corrected chi connectivity index (χ3v) is 4.61. The van der Waals surface area contributed by atoms with Gasteiger partial charge in [0.15, 0.2) is 0 Å². The Morgan fingerprint density at radius 2 is 1.43 bits per heavy atom. The van der Waals surface area contributed by atoms with Crippen LogP contribution in [0.4, 0.5) is 0 Å². The molecule has 0 N–H and O–H groups in total. The summed E-state index contributed by atoms with van der Waals surface area (Å²) in [7, 11) is 0. The van der Waals surface area contributed by atoms with Gasteiger partial charge in [-0.05, 0) is 41.5 Å². The van der Waals surface area contributed by atoms with Crippen molar-refractivity contribution in [2.45, 2.75) is 58.8 Å². The first-order valence-corrected chi connectivity index (χ1v) is 7.85. The maximum absolute atomic E-state index is 6.29. The van der Waals surface area contributed by atoms with Gasteiger partial charge in [0.1, 0.15) is 0 Å². The Kier molecular flexibility index (Phi) is 5.87. The first kappa shape index (κ1) is 19.3. The average Bonchev–Trinajstić information content (AvgIpc) is 2.44. The third-order valence-electron chi connectivity index (χ3n) is 4.08. The molecule has 1 aliphatic heterocycles. The Morgan fingerprint density at radius 3 is 1.81 bits per heavy atom. The van der Waals surface area contributed by atoms with E-state index in [1.165, 1.54) is 0 Å². The fourth-order valence-corrected chi connectivity index (χ4v) is 2.67. The van der Waals surface area contributed by atoms with Crippen molar-refractivity contribution < 1.29 is 32.8 Å². The molecular formula is C15H23BBrLiO3. The van der Waals surface area contributed by atoms with Gasteiger partial charge in [0, 0.05) is 21.8 Å². The summed E-state index contributed by atoms with van der Waals surface area (Å²) in [6.07, 6.45) is 0.0170. The van der Waals surface area contributed by atoms with Gasteiger partial charge in [0.25, 0.3) is 0 Å². The number of halogens is 1. The van der Waals surface area contributed by atoms with Gasteiger partial charge in [0.05, 0.1) is 0 Å². The van der Waals surface area contributed by atoms with Gasteiger partial charge in [-0.3, -0.25) is 0 Å². The number of hydrogen-bond acceptors (Lipinski definition) is 3. The molecule has 0 atom stereocenters. The van der Waals surface area contributed by atoms with Crippen LogP contribution in [0.1, 0.15) is 41.5 Å². The monoisotopic (exact) mass is 348 g/mol. The van der Waals surface area contributed by atoms with E-state index >= 15 is 0 Å². The summed E-state index contributed by atoms with van der Waals surface area (Å²) < 4.78 is 19.7. The second kappa shape index (κ2) is 6.39. The molecule has 1 aromatic carbocycles. The Labute approximate surface area is 148 Å². The smallest absolute Gasteiger partial charge is 0.539 e. The summed E-state index contributed by atoms with van der Waals surface area (Å²) >= 11 is 3.45. The molecule has 21 heavy (non-hydrogen) atoms. The summed E-state index contributed by atoms with van der Waals surface area (Å²) in [5.41, 5.74) is 0.0877. The summed E-state index contributed by atoms with van der Waals surface area (Å²) in [6.45, 7) is 10.2. The van der Waals surface area contributed by atoms with Gasteiger partial charge < -0.3 is 14.0 Å². The van der Waals surface area contributed by atoms with Crippen molar-refractivity contribution in [1.82, 2.24) is 0 Å². The molecule has 6 heteroatoms. The quantitative estimate of drug-likeness (QED) is 0.750. The zero-order chi connectivity index (χ0) is 15.2. The molecule has 1 heterocycles. The maximum atomic E-state index is 6.29. The zero-order valence-electron chi connectivity index (χ0n) is 14.1. The summed E-state index contributed by atoms with van der Waals surface area (Å²) in [4.78, 5) is 0. The molecule has 2 rings (SSSR count). The molecule has 1 fully saturated rings. The van der Waals surface area contributed by atoms with E-state index in [9.17, 15) is 0 Å². The van der Waals surface area contributed by atoms with E-state index in [0.29, 0.717) is 0 Å². The van der Waals surface area contributed by atoms with E-state index in [0.717, 1.165) is 9.94 Å². The van der Waals surface area contributed by atoms with Crippen LogP contribution in [-0.2, 0) is 14.0 Å². The standard InChI is InChI=1S/C15H23BBrO3.Li/c1-11(2)18-16(12-7-9-13(17)10-8-12)19-14(3,4)15(5,6)20-16;/h7-11H,1-6H3;/q-1;+1. The zero-order valence-corrected chi connectivity index (χ0v) is 15.7. The van der Waals surface area contributed by atoms with E-state index in [-0.39, 0.29) is 25.0 Å². The fourth-order valence-electron chi connectivity index (χ4n) is 2.41. The second-order valence-corrected chi connectivity index (χ2v) is 7.55. The van der Waals surface area contributed by atoms with E-state index in [1.807, 2.05) is 65.8 Å². The van der Waals surface area contributed by atoms with Gasteiger partial charge >= 0.3 is 25.6 Å². The Morgan fingerprint density at radius 1 is 1.00 bits per heavy atom. The second-order valence-electron chi connectivity index (χ2n) is 6.63. The van der Waals surface area contributed by atoms with Crippen LogP contribution >= 0.6 is 15.9 Å². The molecule has 0 unspecified atom stereocenters. The molecule has 0 radical (unpaired) electrons. The SMILES string of the molecule is CC(C)O[B-]1(c2ccc(Br)cc2)OC(C)(C)C(C)(C)O1.[Li+]. The molecule has 0 saturated carbocycles. The minimum atomic E-state index is -1.93. The molecule has 0 bridgehead atoms. The van der Waals surface area contributed by atoms with E-state index in [4.69, 9.17) is 14.0 Å². The third kappa shape index (κ3) is 3.78. The van der Waals surface area contributed by atoms with Gasteiger partial charge in [-0.25, -0.2) is 0 Å². The first-order valence-electron chi connectivity index (χ1n) is 7.05. The molecule has 3 nitrogen and oxygen atoms in total. The Bertz CT molecular complexity index is 472. The number of benzene rings is 1. The van der Waals surface area contributed by atoms with Gasteiger partial charge in [-0.15, -0.1) is 5.46 Å². The summed E-state index contributed by atoms with van der Waals surface area (Å²) in [5.74, 6) is 0. The summed E-state index contributed by atoms with van der Waals surface area (Å²) in [5, 5.41) is 0. The molecule has 0 aliphatic carbocycles. The van der Waals surface area contributed by atoms with Crippen molar-refractivity contribution in [3.05, 3.63) is 28.7 Å². The van der Waals surface area contributed by atoms with Crippen LogP contribution in [0.15, 0.2) is 28.7 Å². The van der Waals surface area contributed by atoms with E-state index in [2.05, 4.69) is 15.9 Å². The molecular weight excluding hydrogens is 326 g/mol. The Balaban J connectivity index is 0.00000220. The van der Waals surface area contributed by atoms with Crippen molar-refractivity contribution in [3.8, 4) is 0 Å². The molecule has 0 aromatic heterocycles. The first-order chi connectivity index (χ1) is 9.08. The molecule has 0 spiro atoms. The molecule has 0 amide bonds. The minimum absolute atomic E-state index is 0. The van der Waals surface area contributed by atoms with E-state index in [1.54, 1.807) is 0 Å². The minimum Gasteiger partial charge on any atom is -0.539 e. The van der Waals surface area contributed by atoms with Crippen molar-refractivity contribution >= 4 is 28.1 Å². The van der Waals surface area contributed by atoms with Crippen LogP contribution in [0.25, 0.3) is 0 Å². The van der Waals surface area contributed by atoms with Crippen molar-refractivity contribution in [1.29, 1.82) is 0 Å². The van der Waals surface area contributed by atoms with Crippen LogP contribution in [0.5, 0.6) is 0 Å². The maximum Gasteiger partial charge on any atom is 1.00 e. The van der Waals surface area contributed by atoms with Crippen molar-refractivity contribution in [3.63, 3.8) is 0 Å². The molecule has 1 saturated heterocycles. The van der Waals surface area contributed by atoms with Crippen molar-refractivity contribution in [2.24, 2.45) is 0 Å². The number of rotatable bonds is 3. The van der Waals surface area contributed by atoms with Crippen LogP contribution in [-0.4, -0.2) is 24.1 Å². The average molecular weight is 349 g/mol. The largest absolute Gasteiger partial charge is 1.00 e. The molecule has 112 valence electrons. The number of hydrogen-bond donors (Lipinski definition) is 0. The van der Waals surface area contributed by atoms with Crippen LogP contribution in [0.2, 0.25) is 0 Å². The van der Waals surface area contributed by atoms with Gasteiger partial charge in [-0.2, -0.15) is 0 Å². The van der Waals surface area contributed by atoms with Crippen LogP contribution in [0.3, 0.4) is 0 Å². The molecule has 1 aliphatic rings.